The third kappa shape index (κ3) is 3.42. The minimum absolute atomic E-state index is 0.0762. The lowest BCUT2D eigenvalue weighted by Crippen LogP contribution is -3.00. The van der Waals surface area contributed by atoms with Gasteiger partial charge in [-0.2, -0.15) is 10.5 Å². The first-order valence-corrected chi connectivity index (χ1v) is 5.75. The molecule has 2 aromatic rings. The Kier molecular flexibility index (Phi) is 4.48. The zero-order chi connectivity index (χ0) is 14.5. The van der Waals surface area contributed by atoms with Gasteiger partial charge in [0.1, 0.15) is 5.69 Å². The Balaban J connectivity index is 2.18. The Morgan fingerprint density at radius 2 is 1.55 bits per heavy atom. The van der Waals surface area contributed by atoms with Crippen molar-refractivity contribution in [1.29, 1.82) is 0 Å². The van der Waals surface area contributed by atoms with E-state index in [9.17, 15) is 10.4 Å². The van der Waals surface area contributed by atoms with Crippen molar-refractivity contribution in [1.82, 2.24) is 0 Å². The van der Waals surface area contributed by atoms with Crippen LogP contribution >= 0.6 is 0 Å². The molecule has 0 aliphatic carbocycles. The van der Waals surface area contributed by atoms with Crippen LogP contribution in [0, 0.1) is 10.4 Å². The Morgan fingerprint density at radius 1 is 0.850 bits per heavy atom. The number of nitrogens with one attached hydrogen (secondary N) is 4. The molecule has 2 rings (SSSR count). The van der Waals surface area contributed by atoms with Crippen molar-refractivity contribution in [3.05, 3.63) is 58.9 Å². The van der Waals surface area contributed by atoms with E-state index in [0.717, 1.165) is 11.8 Å². The topological polar surface area (TPSA) is 120 Å². The highest BCUT2D eigenvalue weighted by atomic mass is 16.8. The van der Waals surface area contributed by atoms with Crippen molar-refractivity contribution >= 4 is 22.7 Å². The van der Waals surface area contributed by atoms with Crippen molar-refractivity contribution in [2.24, 2.45) is 0 Å². The van der Waals surface area contributed by atoms with Gasteiger partial charge in [-0.15, -0.1) is 0 Å². The van der Waals surface area contributed by atoms with Gasteiger partial charge in [0, 0.05) is 6.07 Å². The number of hydrogen-bond donors (Lipinski definition) is 6. The molecule has 0 aliphatic heterocycles. The summed E-state index contributed by atoms with van der Waals surface area (Å²) in [4.78, 5) is 0. The van der Waals surface area contributed by atoms with Gasteiger partial charge in [-0.3, -0.25) is 5.43 Å². The van der Waals surface area contributed by atoms with Gasteiger partial charge in [0.15, 0.2) is 11.4 Å². The van der Waals surface area contributed by atoms with Crippen LogP contribution in [0.2, 0.25) is 0 Å². The van der Waals surface area contributed by atoms with Crippen molar-refractivity contribution in [2.45, 2.75) is 0 Å². The molecular formula is C12H14N4O4. The van der Waals surface area contributed by atoms with E-state index in [0.29, 0.717) is 0 Å². The minimum atomic E-state index is -1.20. The average Bonchev–Trinajstić information content (AvgIpc) is 2.45. The molecule has 0 heterocycles. The highest BCUT2D eigenvalue weighted by molar-refractivity contribution is 5.66. The van der Waals surface area contributed by atoms with Crippen molar-refractivity contribution < 1.29 is 20.9 Å². The Bertz CT molecular complexity index is 563. The summed E-state index contributed by atoms with van der Waals surface area (Å²) < 4.78 is 0. The van der Waals surface area contributed by atoms with Gasteiger partial charge in [0.25, 0.3) is 0 Å². The first kappa shape index (κ1) is 14.2. The number of hydrogen-bond acceptors (Lipinski definition) is 6. The third-order valence-electron chi connectivity index (χ3n) is 2.61. The minimum Gasteiger partial charge on any atom is -0.595 e. The lowest BCUT2D eigenvalue weighted by Gasteiger charge is -2.19. The van der Waals surface area contributed by atoms with E-state index in [4.69, 9.17) is 10.4 Å². The van der Waals surface area contributed by atoms with E-state index < -0.39 is 10.5 Å². The highest BCUT2D eigenvalue weighted by Crippen LogP contribution is 2.20. The zero-order valence-electron chi connectivity index (χ0n) is 10.3. The molecule has 2 aromatic carbocycles. The maximum atomic E-state index is 11.1. The van der Waals surface area contributed by atoms with E-state index in [2.05, 4.69) is 10.9 Å². The van der Waals surface area contributed by atoms with Crippen LogP contribution in [-0.2, 0) is 0 Å². The molecule has 2 unspecified atom stereocenters. The first-order valence-electron chi connectivity index (χ1n) is 5.75. The second-order valence-corrected chi connectivity index (χ2v) is 3.99. The quantitative estimate of drug-likeness (QED) is 0.426. The zero-order valence-corrected chi connectivity index (χ0v) is 10.3. The summed E-state index contributed by atoms with van der Waals surface area (Å²) in [5.41, 5.74) is 6.44. The molecule has 20 heavy (non-hydrogen) atoms. The number of anilines is 2. The summed E-state index contributed by atoms with van der Waals surface area (Å²) in [7, 11) is 0. The van der Waals surface area contributed by atoms with Crippen LogP contribution in [0.5, 0.6) is 0 Å². The number of hydrazine groups is 1. The molecule has 0 aliphatic rings. The van der Waals surface area contributed by atoms with Crippen LogP contribution in [-0.4, -0.2) is 10.4 Å². The van der Waals surface area contributed by atoms with Crippen LogP contribution in [0.1, 0.15) is 0 Å². The molecule has 0 aromatic heterocycles. The molecule has 8 nitrogen and oxygen atoms in total. The highest BCUT2D eigenvalue weighted by Gasteiger charge is 2.13. The Morgan fingerprint density at radius 3 is 2.15 bits per heavy atom. The van der Waals surface area contributed by atoms with Gasteiger partial charge in [0.05, 0.1) is 11.8 Å². The number of quaternary nitrogens is 2. The molecule has 8 heteroatoms. The molecule has 106 valence electrons. The molecule has 0 saturated carbocycles. The normalized spacial score (nSPS) is 13.6. The summed E-state index contributed by atoms with van der Waals surface area (Å²) >= 11 is 0. The number of rotatable bonds is 5. The molecular weight excluding hydrogens is 264 g/mol. The van der Waals surface area contributed by atoms with E-state index in [1.54, 1.807) is 12.1 Å². The predicted octanol–water partition coefficient (Wildman–Crippen LogP) is -0.0676. The molecule has 0 bridgehead atoms. The van der Waals surface area contributed by atoms with E-state index in [1.165, 1.54) is 12.1 Å². The number of benzene rings is 2. The molecule has 0 fully saturated rings. The van der Waals surface area contributed by atoms with Gasteiger partial charge < -0.3 is 15.8 Å². The van der Waals surface area contributed by atoms with Crippen molar-refractivity contribution in [3.8, 4) is 0 Å². The first-order chi connectivity index (χ1) is 9.58. The molecule has 0 spiro atoms. The summed E-state index contributed by atoms with van der Waals surface area (Å²) in [5, 5.41) is 37.6. The van der Waals surface area contributed by atoms with Crippen LogP contribution < -0.4 is 21.3 Å². The maximum absolute atomic E-state index is 11.1. The SMILES string of the molecule is [O-][NH+](O)c1ccc(NNc2ccccc2)c([NH+]([O-])O)c1. The standard InChI is InChI=1S/C12H14N4O4/c17-15(18)10-6-7-11(12(8-10)16(19)20)14-13-9-4-2-1-3-5-9/h1-8,13-17,19H. The monoisotopic (exact) mass is 278 g/mol. The predicted molar refractivity (Wildman–Crippen MR) is 71.7 cm³/mol. The van der Waals surface area contributed by atoms with E-state index in [-0.39, 0.29) is 17.1 Å². The lowest BCUT2D eigenvalue weighted by molar-refractivity contribution is -0.996. The van der Waals surface area contributed by atoms with Gasteiger partial charge in [0.2, 0.25) is 0 Å². The van der Waals surface area contributed by atoms with Gasteiger partial charge in [-0.25, -0.2) is 10.4 Å². The third-order valence-corrected chi connectivity index (χ3v) is 2.61. The average molecular weight is 278 g/mol. The molecule has 2 atom stereocenters. The summed E-state index contributed by atoms with van der Waals surface area (Å²) in [6.07, 6.45) is 0. The Hall–Kier alpha value is -2.20. The van der Waals surface area contributed by atoms with Crippen molar-refractivity contribution in [3.63, 3.8) is 0 Å². The number of para-hydroxylation sites is 1. The lowest BCUT2D eigenvalue weighted by atomic mass is 10.2. The second-order valence-electron chi connectivity index (χ2n) is 3.99. The van der Waals surface area contributed by atoms with Crippen molar-refractivity contribution in [2.75, 3.05) is 10.9 Å². The summed E-state index contributed by atoms with van der Waals surface area (Å²) in [5.74, 6) is 0. The van der Waals surface area contributed by atoms with Gasteiger partial charge in [-0.05, 0) is 18.2 Å². The fourth-order valence-corrected chi connectivity index (χ4v) is 1.62. The van der Waals surface area contributed by atoms with E-state index >= 15 is 0 Å². The fourth-order valence-electron chi connectivity index (χ4n) is 1.62. The van der Waals surface area contributed by atoms with Crippen LogP contribution in [0.3, 0.4) is 0 Å². The molecule has 0 saturated heterocycles. The Labute approximate surface area is 114 Å². The maximum Gasteiger partial charge on any atom is 0.195 e. The largest absolute Gasteiger partial charge is 0.595 e. The van der Waals surface area contributed by atoms with Crippen LogP contribution in [0.15, 0.2) is 48.5 Å². The molecule has 0 radical (unpaired) electrons. The fraction of sp³-hybridized carbons (Fsp3) is 0. The summed E-state index contributed by atoms with van der Waals surface area (Å²) in [6.45, 7) is 0. The van der Waals surface area contributed by atoms with Gasteiger partial charge in [-0.1, -0.05) is 18.2 Å². The molecule has 0 amide bonds. The smallest absolute Gasteiger partial charge is 0.195 e. The van der Waals surface area contributed by atoms with E-state index in [1.807, 2.05) is 18.2 Å². The van der Waals surface area contributed by atoms with Crippen LogP contribution in [0.4, 0.5) is 22.7 Å². The summed E-state index contributed by atoms with van der Waals surface area (Å²) in [6, 6.07) is 13.0. The second kappa shape index (κ2) is 6.30. The molecule has 6 N–H and O–H groups in total. The van der Waals surface area contributed by atoms with Gasteiger partial charge >= 0.3 is 0 Å². The van der Waals surface area contributed by atoms with Crippen LogP contribution in [0.25, 0.3) is 0 Å².